The number of rotatable bonds is 1. The Kier molecular flexibility index (Phi) is 21.7. The second-order valence-corrected chi connectivity index (χ2v) is 3.47. The van der Waals surface area contributed by atoms with Crippen LogP contribution in [0.2, 0.25) is 0 Å². The summed E-state index contributed by atoms with van der Waals surface area (Å²) in [7, 11) is 3.00. The third kappa shape index (κ3) is 8.12. The van der Waals surface area contributed by atoms with E-state index in [9.17, 15) is 0 Å². The molecule has 3 N–H and O–H groups in total. The Hall–Kier alpha value is -0.0557. The van der Waals surface area contributed by atoms with Crippen LogP contribution in [0.15, 0.2) is 12.1 Å². The SMILES string of the molecule is CCc1cc2c([cH-]1)CCCC2.CO.CO.CO.[Ti]. The first-order chi connectivity index (χ1) is 8.40. The standard InChI is InChI=1S/C11H15.3CH4O.Ti/c1-2-9-7-10-5-3-4-6-11(10)8-9;3*1-2;/h7-8H,2-6H2,1H3;3*2H,1H3;/q-1;;;;. The number of fused-ring (bicyclic) bond motifs is 1. The molecule has 1 aliphatic carbocycles. The minimum atomic E-state index is 0. The predicted octanol–water partition coefficient (Wildman–Crippen LogP) is 1.67. The number of hydrogen-bond donors (Lipinski definition) is 3. The van der Waals surface area contributed by atoms with Gasteiger partial charge in [0.05, 0.1) is 0 Å². The van der Waals surface area contributed by atoms with Crippen LogP contribution in [0.5, 0.6) is 0 Å². The molecule has 0 saturated heterocycles. The van der Waals surface area contributed by atoms with E-state index in [0.717, 1.165) is 21.3 Å². The number of aryl methyl sites for hydroxylation is 3. The summed E-state index contributed by atoms with van der Waals surface area (Å²) in [6.45, 7) is 2.24. The molecule has 0 saturated carbocycles. The molecular formula is C14H27O3Ti-. The van der Waals surface area contributed by atoms with Crippen molar-refractivity contribution >= 4 is 0 Å². The number of hydrogen-bond acceptors (Lipinski definition) is 3. The summed E-state index contributed by atoms with van der Waals surface area (Å²) in [5.74, 6) is 0. The van der Waals surface area contributed by atoms with E-state index in [1.54, 1.807) is 11.1 Å². The average molecular weight is 291 g/mol. The van der Waals surface area contributed by atoms with Gasteiger partial charge in [-0.2, -0.15) is 22.8 Å². The third-order valence-electron chi connectivity index (χ3n) is 2.68. The molecule has 0 atom stereocenters. The minimum Gasteiger partial charge on any atom is -0.400 e. The molecule has 18 heavy (non-hydrogen) atoms. The Morgan fingerprint density at radius 3 is 1.94 bits per heavy atom. The second kappa shape index (κ2) is 16.9. The van der Waals surface area contributed by atoms with Gasteiger partial charge in [0.25, 0.3) is 0 Å². The Morgan fingerprint density at radius 1 is 1.00 bits per heavy atom. The molecule has 1 aromatic rings. The maximum Gasteiger partial charge on any atom is 0.0319 e. The summed E-state index contributed by atoms with van der Waals surface area (Å²) in [6.07, 6.45) is 6.66. The fraction of sp³-hybridized carbons (Fsp3) is 0.643. The molecule has 0 amide bonds. The van der Waals surface area contributed by atoms with Crippen molar-refractivity contribution in [3.8, 4) is 0 Å². The molecule has 0 heterocycles. The van der Waals surface area contributed by atoms with Gasteiger partial charge in [-0.3, -0.25) is 0 Å². The summed E-state index contributed by atoms with van der Waals surface area (Å²) in [5.41, 5.74) is 4.80. The van der Waals surface area contributed by atoms with Gasteiger partial charge in [-0.1, -0.05) is 39.0 Å². The summed E-state index contributed by atoms with van der Waals surface area (Å²) in [4.78, 5) is 0. The first-order valence-electron chi connectivity index (χ1n) is 6.01. The Morgan fingerprint density at radius 2 is 1.50 bits per heavy atom. The maximum atomic E-state index is 7.00. The van der Waals surface area contributed by atoms with Gasteiger partial charge in [-0.15, -0.1) is 0 Å². The predicted molar refractivity (Wildman–Crippen MR) is 72.5 cm³/mol. The summed E-state index contributed by atoms with van der Waals surface area (Å²) in [6, 6.07) is 4.79. The zero-order valence-corrected chi connectivity index (χ0v) is 13.6. The fourth-order valence-corrected chi connectivity index (χ4v) is 1.98. The summed E-state index contributed by atoms with van der Waals surface area (Å²) < 4.78 is 0. The van der Waals surface area contributed by atoms with E-state index >= 15 is 0 Å². The quantitative estimate of drug-likeness (QED) is 0.545. The molecule has 0 aliphatic heterocycles. The van der Waals surface area contributed by atoms with Gasteiger partial charge < -0.3 is 15.3 Å². The molecular weight excluding hydrogens is 264 g/mol. The molecule has 106 valence electrons. The van der Waals surface area contributed by atoms with Crippen molar-refractivity contribution in [2.45, 2.75) is 39.0 Å². The zero-order chi connectivity index (χ0) is 13.7. The van der Waals surface area contributed by atoms with Crippen LogP contribution in [0.4, 0.5) is 0 Å². The van der Waals surface area contributed by atoms with E-state index < -0.39 is 0 Å². The van der Waals surface area contributed by atoms with Gasteiger partial charge in [0, 0.05) is 43.0 Å². The van der Waals surface area contributed by atoms with Gasteiger partial charge in [0.2, 0.25) is 0 Å². The summed E-state index contributed by atoms with van der Waals surface area (Å²) >= 11 is 0. The van der Waals surface area contributed by atoms with Crippen molar-refractivity contribution in [3.05, 3.63) is 28.8 Å². The van der Waals surface area contributed by atoms with Crippen molar-refractivity contribution in [1.82, 2.24) is 0 Å². The van der Waals surface area contributed by atoms with E-state index in [-0.39, 0.29) is 21.7 Å². The number of aliphatic hydroxyl groups is 3. The Bertz CT molecular complexity index is 236. The molecule has 3 nitrogen and oxygen atoms in total. The second-order valence-electron chi connectivity index (χ2n) is 3.47. The molecule has 0 aromatic heterocycles. The van der Waals surface area contributed by atoms with Crippen molar-refractivity contribution in [1.29, 1.82) is 0 Å². The minimum absolute atomic E-state index is 0. The van der Waals surface area contributed by atoms with Crippen molar-refractivity contribution < 1.29 is 37.0 Å². The average Bonchev–Trinajstić information content (AvgIpc) is 2.88. The molecule has 2 rings (SSSR count). The monoisotopic (exact) mass is 291 g/mol. The van der Waals surface area contributed by atoms with Crippen LogP contribution in [0.3, 0.4) is 0 Å². The van der Waals surface area contributed by atoms with Crippen LogP contribution in [0.25, 0.3) is 0 Å². The van der Waals surface area contributed by atoms with Crippen LogP contribution in [0, 0.1) is 0 Å². The topological polar surface area (TPSA) is 60.7 Å². The first kappa shape index (κ1) is 23.1. The largest absolute Gasteiger partial charge is 0.400 e. The molecule has 1 aromatic carbocycles. The van der Waals surface area contributed by atoms with E-state index in [1.165, 1.54) is 37.7 Å². The van der Waals surface area contributed by atoms with E-state index in [1.807, 2.05) is 0 Å². The number of aliphatic hydroxyl groups excluding tert-OH is 3. The molecule has 4 heteroatoms. The summed E-state index contributed by atoms with van der Waals surface area (Å²) in [5, 5.41) is 21.0. The van der Waals surface area contributed by atoms with Crippen molar-refractivity contribution in [2.75, 3.05) is 21.3 Å². The van der Waals surface area contributed by atoms with E-state index in [0.29, 0.717) is 0 Å². The van der Waals surface area contributed by atoms with Crippen molar-refractivity contribution in [3.63, 3.8) is 0 Å². The van der Waals surface area contributed by atoms with Gasteiger partial charge >= 0.3 is 0 Å². The van der Waals surface area contributed by atoms with E-state index in [4.69, 9.17) is 15.3 Å². The zero-order valence-electron chi connectivity index (χ0n) is 12.0. The smallest absolute Gasteiger partial charge is 0.0319 e. The molecule has 0 fully saturated rings. The van der Waals surface area contributed by atoms with Crippen LogP contribution in [-0.4, -0.2) is 36.6 Å². The van der Waals surface area contributed by atoms with Crippen LogP contribution in [0.1, 0.15) is 36.5 Å². The van der Waals surface area contributed by atoms with Crippen LogP contribution >= 0.6 is 0 Å². The van der Waals surface area contributed by atoms with Crippen LogP contribution < -0.4 is 0 Å². The molecule has 0 radical (unpaired) electrons. The fourth-order valence-electron chi connectivity index (χ4n) is 1.98. The Labute approximate surface area is 126 Å². The molecule has 1 aliphatic rings. The van der Waals surface area contributed by atoms with Gasteiger partial charge in [-0.25, -0.2) is 6.07 Å². The normalized spacial score (nSPS) is 11.1. The Balaban J connectivity index is -0.000000285. The molecule has 0 spiro atoms. The molecule has 0 unspecified atom stereocenters. The molecule has 0 bridgehead atoms. The van der Waals surface area contributed by atoms with E-state index in [2.05, 4.69) is 19.1 Å². The van der Waals surface area contributed by atoms with Crippen molar-refractivity contribution in [2.24, 2.45) is 0 Å². The van der Waals surface area contributed by atoms with Crippen LogP contribution in [-0.2, 0) is 41.0 Å². The van der Waals surface area contributed by atoms with Gasteiger partial charge in [0.15, 0.2) is 0 Å². The maximum absolute atomic E-state index is 7.00. The first-order valence-corrected chi connectivity index (χ1v) is 6.01. The van der Waals surface area contributed by atoms with Gasteiger partial charge in [0.1, 0.15) is 0 Å². The van der Waals surface area contributed by atoms with Gasteiger partial charge in [-0.05, 0) is 0 Å². The third-order valence-corrected chi connectivity index (χ3v) is 2.68.